The Morgan fingerprint density at radius 2 is 1.70 bits per heavy atom. The molecule has 0 aliphatic rings. The third-order valence-corrected chi connectivity index (χ3v) is 3.58. The molecule has 0 aromatic carbocycles. The minimum absolute atomic E-state index is 0.204. The van der Waals surface area contributed by atoms with Gasteiger partial charge in [-0.1, -0.05) is 20.8 Å². The van der Waals surface area contributed by atoms with Gasteiger partial charge in [0.25, 0.3) is 0 Å². The van der Waals surface area contributed by atoms with E-state index in [9.17, 15) is 14.4 Å². The summed E-state index contributed by atoms with van der Waals surface area (Å²) in [6, 6.07) is 0. The maximum absolute atomic E-state index is 12.0. The second-order valence-corrected chi connectivity index (χ2v) is 4.97. The molecule has 1 rings (SSSR count). The van der Waals surface area contributed by atoms with Crippen LogP contribution in [0.1, 0.15) is 45.7 Å². The van der Waals surface area contributed by atoms with Crippen molar-refractivity contribution in [3.8, 4) is 0 Å². The van der Waals surface area contributed by atoms with Crippen molar-refractivity contribution in [2.75, 3.05) is 5.01 Å². The van der Waals surface area contributed by atoms with E-state index in [0.29, 0.717) is 10.5 Å². The molecule has 3 amide bonds. The van der Waals surface area contributed by atoms with Crippen molar-refractivity contribution < 1.29 is 14.4 Å². The first kappa shape index (κ1) is 16.3. The van der Waals surface area contributed by atoms with Crippen LogP contribution in [0.25, 0.3) is 0 Å². The summed E-state index contributed by atoms with van der Waals surface area (Å²) in [7, 11) is 0. The van der Waals surface area contributed by atoms with Gasteiger partial charge in [0.1, 0.15) is 0 Å². The Labute approximate surface area is 121 Å². The molecule has 6 nitrogen and oxygen atoms in total. The third kappa shape index (κ3) is 3.41. The topological polar surface area (TPSA) is 71.7 Å². The fourth-order valence-electron chi connectivity index (χ4n) is 1.55. The van der Waals surface area contributed by atoms with Crippen molar-refractivity contribution in [2.24, 2.45) is 4.99 Å². The van der Waals surface area contributed by atoms with E-state index in [4.69, 9.17) is 0 Å². The number of imide groups is 1. The predicted octanol–water partition coefficient (Wildman–Crippen LogP) is 1.51. The van der Waals surface area contributed by atoms with Crippen molar-refractivity contribution in [1.29, 1.82) is 0 Å². The molecule has 0 bridgehead atoms. The molecule has 0 aliphatic heterocycles. The lowest BCUT2D eigenvalue weighted by Crippen LogP contribution is -2.49. The zero-order chi connectivity index (χ0) is 15.3. The minimum atomic E-state index is -0.316. The molecular formula is C13H19N3O3S. The highest BCUT2D eigenvalue weighted by Crippen LogP contribution is 2.05. The number of thiazole rings is 1. The van der Waals surface area contributed by atoms with Crippen LogP contribution in [0.5, 0.6) is 0 Å². The van der Waals surface area contributed by atoms with Crippen LogP contribution in [0.4, 0.5) is 0 Å². The zero-order valence-electron chi connectivity index (χ0n) is 12.2. The molecule has 1 aromatic rings. The van der Waals surface area contributed by atoms with Crippen molar-refractivity contribution in [2.45, 2.75) is 47.0 Å². The molecular weight excluding hydrogens is 278 g/mol. The van der Waals surface area contributed by atoms with Gasteiger partial charge in [0, 0.05) is 24.6 Å². The molecule has 0 radical (unpaired) electrons. The number of amides is 3. The van der Waals surface area contributed by atoms with Crippen molar-refractivity contribution in [3.05, 3.63) is 15.9 Å². The zero-order valence-corrected chi connectivity index (χ0v) is 13.0. The fraction of sp³-hybridized carbons (Fsp3) is 0.538. The normalized spacial score (nSPS) is 11.5. The highest BCUT2D eigenvalue weighted by molar-refractivity contribution is 7.07. The van der Waals surface area contributed by atoms with Gasteiger partial charge in [0.15, 0.2) is 0 Å². The van der Waals surface area contributed by atoms with Gasteiger partial charge in [-0.2, -0.15) is 10.0 Å². The number of rotatable bonds is 4. The van der Waals surface area contributed by atoms with Gasteiger partial charge in [-0.15, -0.1) is 11.3 Å². The fourth-order valence-corrected chi connectivity index (χ4v) is 2.41. The summed E-state index contributed by atoms with van der Waals surface area (Å²) >= 11 is 1.23. The summed E-state index contributed by atoms with van der Waals surface area (Å²) < 4.78 is 1.43. The summed E-state index contributed by atoms with van der Waals surface area (Å²) in [4.78, 5) is 39.8. The third-order valence-electron chi connectivity index (χ3n) is 2.65. The van der Waals surface area contributed by atoms with E-state index in [2.05, 4.69) is 4.99 Å². The summed E-state index contributed by atoms with van der Waals surface area (Å²) in [5.41, 5.74) is 0.696. The second-order valence-electron chi connectivity index (χ2n) is 4.14. The number of carbonyl (C=O) groups excluding carboxylic acids is 3. The van der Waals surface area contributed by atoms with Crippen LogP contribution in [-0.2, 0) is 14.4 Å². The van der Waals surface area contributed by atoms with Crippen LogP contribution >= 0.6 is 11.3 Å². The van der Waals surface area contributed by atoms with Crippen LogP contribution in [0.3, 0.4) is 0 Å². The molecule has 0 atom stereocenters. The predicted molar refractivity (Wildman–Crippen MR) is 76.7 cm³/mol. The van der Waals surface area contributed by atoms with E-state index in [-0.39, 0.29) is 37.0 Å². The Hall–Kier alpha value is -1.76. The smallest absolute Gasteiger partial charge is 0.248 e. The lowest BCUT2D eigenvalue weighted by atomic mass is 10.4. The SMILES string of the molecule is CCC(=O)N=c1scc(C)n1N(C(=O)CC)C(=O)CC. The number of aromatic nitrogens is 1. The van der Waals surface area contributed by atoms with E-state index in [1.165, 1.54) is 16.0 Å². The standard InChI is InChI=1S/C13H19N3O3S/c1-5-10(17)14-13-15(9(4)8-20-13)16(11(18)6-2)12(19)7-3/h8H,5-7H2,1-4H3. The number of hydrogen-bond acceptors (Lipinski definition) is 4. The first-order chi connectivity index (χ1) is 9.46. The lowest BCUT2D eigenvalue weighted by Gasteiger charge is -2.22. The van der Waals surface area contributed by atoms with Crippen LogP contribution in [-0.4, -0.2) is 22.4 Å². The molecule has 0 N–H and O–H groups in total. The highest BCUT2D eigenvalue weighted by atomic mass is 32.1. The monoisotopic (exact) mass is 297 g/mol. The van der Waals surface area contributed by atoms with Crippen LogP contribution in [0, 0.1) is 6.92 Å². The Bertz CT molecular complexity index is 570. The van der Waals surface area contributed by atoms with Crippen molar-refractivity contribution >= 4 is 29.1 Å². The maximum Gasteiger partial charge on any atom is 0.248 e. The van der Waals surface area contributed by atoms with E-state index >= 15 is 0 Å². The first-order valence-corrected chi connectivity index (χ1v) is 7.44. The van der Waals surface area contributed by atoms with Gasteiger partial charge in [-0.3, -0.25) is 14.4 Å². The van der Waals surface area contributed by atoms with Crippen molar-refractivity contribution in [1.82, 2.24) is 4.68 Å². The van der Waals surface area contributed by atoms with Crippen LogP contribution in [0.2, 0.25) is 0 Å². The quantitative estimate of drug-likeness (QED) is 0.845. The molecule has 0 unspecified atom stereocenters. The van der Waals surface area contributed by atoms with Gasteiger partial charge in [0.2, 0.25) is 22.5 Å². The molecule has 0 saturated heterocycles. The number of carbonyl (C=O) groups is 3. The Morgan fingerprint density at radius 1 is 1.15 bits per heavy atom. The van der Waals surface area contributed by atoms with E-state index in [1.807, 2.05) is 0 Å². The van der Waals surface area contributed by atoms with Gasteiger partial charge in [-0.25, -0.2) is 4.68 Å². The van der Waals surface area contributed by atoms with E-state index < -0.39 is 0 Å². The lowest BCUT2D eigenvalue weighted by molar-refractivity contribution is -0.129. The molecule has 0 aliphatic carbocycles. The average Bonchev–Trinajstić information content (AvgIpc) is 2.80. The Morgan fingerprint density at radius 3 is 2.15 bits per heavy atom. The van der Waals surface area contributed by atoms with Gasteiger partial charge in [0.05, 0.1) is 5.69 Å². The van der Waals surface area contributed by atoms with Gasteiger partial charge < -0.3 is 0 Å². The van der Waals surface area contributed by atoms with E-state index in [0.717, 1.165) is 5.01 Å². The molecule has 7 heteroatoms. The number of hydrogen-bond donors (Lipinski definition) is 0. The van der Waals surface area contributed by atoms with Crippen LogP contribution in [0.15, 0.2) is 10.4 Å². The summed E-state index contributed by atoms with van der Waals surface area (Å²) in [6.45, 7) is 6.86. The molecule has 0 fully saturated rings. The molecule has 0 saturated carbocycles. The summed E-state index contributed by atoms with van der Waals surface area (Å²) in [5, 5.41) is 2.84. The molecule has 20 heavy (non-hydrogen) atoms. The number of nitrogens with zero attached hydrogens (tertiary/aromatic N) is 3. The highest BCUT2D eigenvalue weighted by Gasteiger charge is 2.23. The number of aryl methyl sites for hydroxylation is 1. The molecule has 1 aromatic heterocycles. The molecule has 110 valence electrons. The first-order valence-electron chi connectivity index (χ1n) is 6.56. The van der Waals surface area contributed by atoms with E-state index in [1.54, 1.807) is 33.1 Å². The Balaban J connectivity index is 3.44. The second kappa shape index (κ2) is 7.14. The minimum Gasteiger partial charge on any atom is -0.273 e. The Kier molecular flexibility index (Phi) is 5.82. The van der Waals surface area contributed by atoms with Crippen LogP contribution < -0.4 is 9.81 Å². The average molecular weight is 297 g/mol. The molecule has 0 spiro atoms. The van der Waals surface area contributed by atoms with Crippen molar-refractivity contribution in [3.63, 3.8) is 0 Å². The summed E-state index contributed by atoms with van der Waals surface area (Å²) in [5.74, 6) is -0.916. The van der Waals surface area contributed by atoms with Gasteiger partial charge >= 0.3 is 0 Å². The van der Waals surface area contributed by atoms with Gasteiger partial charge in [-0.05, 0) is 6.92 Å². The molecule has 1 heterocycles. The summed E-state index contributed by atoms with van der Waals surface area (Å²) in [6.07, 6.45) is 0.685. The maximum atomic E-state index is 12.0. The largest absolute Gasteiger partial charge is 0.273 e.